The number of benzene rings is 1. The highest BCUT2D eigenvalue weighted by molar-refractivity contribution is 6.06. The predicted molar refractivity (Wildman–Crippen MR) is 75.8 cm³/mol. The molecule has 23 heavy (non-hydrogen) atoms. The molecule has 2 heterocycles. The maximum Gasteiger partial charge on any atom is 0.355 e. The molecular weight excluding hydrogens is 305 g/mol. The Labute approximate surface area is 129 Å². The Hall–Kier alpha value is -3.29. The second-order valence-corrected chi connectivity index (χ2v) is 4.59. The minimum absolute atomic E-state index is 0.0285. The summed E-state index contributed by atoms with van der Waals surface area (Å²) >= 11 is 0. The lowest BCUT2D eigenvalue weighted by Crippen LogP contribution is -2.12. The van der Waals surface area contributed by atoms with Crippen molar-refractivity contribution in [3.05, 3.63) is 59.3 Å². The van der Waals surface area contributed by atoms with Gasteiger partial charge in [-0.2, -0.15) is 4.98 Å². The summed E-state index contributed by atoms with van der Waals surface area (Å²) in [7, 11) is 1.20. The van der Waals surface area contributed by atoms with Crippen molar-refractivity contribution in [2.75, 3.05) is 7.11 Å². The van der Waals surface area contributed by atoms with Crippen molar-refractivity contribution in [3.8, 4) is 6.01 Å². The second kappa shape index (κ2) is 5.48. The lowest BCUT2D eigenvalue weighted by molar-refractivity contribution is 0.0591. The van der Waals surface area contributed by atoms with E-state index < -0.39 is 23.6 Å². The van der Waals surface area contributed by atoms with E-state index in [-0.39, 0.29) is 22.7 Å². The van der Waals surface area contributed by atoms with Crippen LogP contribution < -0.4 is 0 Å². The number of hydrogen-bond donors (Lipinski definition) is 1. The highest BCUT2D eigenvalue weighted by Gasteiger charge is 2.20. The molecule has 0 unspecified atom stereocenters. The molecule has 0 fully saturated rings. The van der Waals surface area contributed by atoms with E-state index in [1.807, 2.05) is 0 Å². The molecule has 0 amide bonds. The summed E-state index contributed by atoms with van der Waals surface area (Å²) in [4.78, 5) is 31.6. The molecule has 0 saturated heterocycles. The fourth-order valence-electron chi connectivity index (χ4n) is 2.10. The molecule has 0 saturated carbocycles. The first-order valence-corrected chi connectivity index (χ1v) is 6.48. The Balaban J connectivity index is 2.08. The van der Waals surface area contributed by atoms with Gasteiger partial charge < -0.3 is 9.84 Å². The molecule has 0 atom stereocenters. The SMILES string of the molecule is COC(=O)c1ccc2nc(C(=O)c3ccc(F)cc3)nc(O)n12. The molecule has 2 aromatic heterocycles. The van der Waals surface area contributed by atoms with Crippen molar-refractivity contribution in [1.82, 2.24) is 14.4 Å². The molecule has 0 aliphatic heterocycles. The number of aromatic nitrogens is 3. The monoisotopic (exact) mass is 315 g/mol. The van der Waals surface area contributed by atoms with Crippen LogP contribution in [0.15, 0.2) is 36.4 Å². The number of methoxy groups -OCH3 is 1. The summed E-state index contributed by atoms with van der Waals surface area (Å²) in [5, 5.41) is 10.00. The van der Waals surface area contributed by atoms with E-state index in [0.29, 0.717) is 0 Å². The van der Waals surface area contributed by atoms with Crippen LogP contribution in [-0.2, 0) is 4.74 Å². The molecule has 1 N–H and O–H groups in total. The number of carbonyl (C=O) groups excluding carboxylic acids is 2. The van der Waals surface area contributed by atoms with Gasteiger partial charge in [-0.15, -0.1) is 0 Å². The zero-order valence-corrected chi connectivity index (χ0v) is 11.9. The molecule has 7 nitrogen and oxygen atoms in total. The number of rotatable bonds is 3. The second-order valence-electron chi connectivity index (χ2n) is 4.59. The molecular formula is C15H10FN3O4. The normalized spacial score (nSPS) is 10.7. The maximum absolute atomic E-state index is 12.9. The van der Waals surface area contributed by atoms with Gasteiger partial charge in [-0.05, 0) is 36.4 Å². The Morgan fingerprint density at radius 1 is 1.13 bits per heavy atom. The van der Waals surface area contributed by atoms with Gasteiger partial charge in [0.1, 0.15) is 17.2 Å². The Bertz CT molecular complexity index is 918. The van der Waals surface area contributed by atoms with Crippen LogP contribution in [0, 0.1) is 5.82 Å². The molecule has 3 aromatic rings. The van der Waals surface area contributed by atoms with Crippen LogP contribution in [-0.4, -0.2) is 38.3 Å². The van der Waals surface area contributed by atoms with Crippen molar-refractivity contribution in [3.63, 3.8) is 0 Å². The zero-order chi connectivity index (χ0) is 16.6. The summed E-state index contributed by atoms with van der Waals surface area (Å²) in [6.07, 6.45) is 0. The molecule has 0 aliphatic carbocycles. The summed E-state index contributed by atoms with van der Waals surface area (Å²) in [6.45, 7) is 0. The van der Waals surface area contributed by atoms with E-state index in [4.69, 9.17) is 0 Å². The van der Waals surface area contributed by atoms with E-state index in [1.54, 1.807) is 0 Å². The Kier molecular flexibility index (Phi) is 3.49. The van der Waals surface area contributed by atoms with Gasteiger partial charge in [0.15, 0.2) is 0 Å². The molecule has 0 aliphatic rings. The number of ketones is 1. The highest BCUT2D eigenvalue weighted by Crippen LogP contribution is 2.18. The lowest BCUT2D eigenvalue weighted by Gasteiger charge is -2.05. The van der Waals surface area contributed by atoms with E-state index in [9.17, 15) is 19.1 Å². The predicted octanol–water partition coefficient (Wildman–Crippen LogP) is 1.59. The van der Waals surface area contributed by atoms with Crippen LogP contribution in [0.2, 0.25) is 0 Å². The number of hydrogen-bond acceptors (Lipinski definition) is 6. The summed E-state index contributed by atoms with van der Waals surface area (Å²) in [5.41, 5.74) is 0.360. The number of fused-ring (bicyclic) bond motifs is 1. The van der Waals surface area contributed by atoms with Crippen LogP contribution in [0.4, 0.5) is 4.39 Å². The van der Waals surface area contributed by atoms with Gasteiger partial charge in [0, 0.05) is 5.56 Å². The van der Waals surface area contributed by atoms with Gasteiger partial charge in [-0.25, -0.2) is 18.6 Å². The standard InChI is InChI=1S/C15H10FN3O4/c1-23-14(21)10-6-7-11-17-13(18-15(22)19(10)11)12(20)8-2-4-9(16)5-3-8/h2-7H,1H3,(H,17,18,22). The third-order valence-corrected chi connectivity index (χ3v) is 3.19. The quantitative estimate of drug-likeness (QED) is 0.583. The van der Waals surface area contributed by atoms with Crippen molar-refractivity contribution in [1.29, 1.82) is 0 Å². The van der Waals surface area contributed by atoms with Gasteiger partial charge in [-0.1, -0.05) is 0 Å². The van der Waals surface area contributed by atoms with E-state index in [1.165, 1.54) is 31.4 Å². The van der Waals surface area contributed by atoms with Crippen LogP contribution >= 0.6 is 0 Å². The fraction of sp³-hybridized carbons (Fsp3) is 0.0667. The van der Waals surface area contributed by atoms with Crippen LogP contribution in [0.3, 0.4) is 0 Å². The van der Waals surface area contributed by atoms with E-state index in [0.717, 1.165) is 16.5 Å². The lowest BCUT2D eigenvalue weighted by atomic mass is 10.1. The average molecular weight is 315 g/mol. The van der Waals surface area contributed by atoms with E-state index >= 15 is 0 Å². The minimum atomic E-state index is -0.679. The first kappa shape index (κ1) is 14.6. The molecule has 0 bridgehead atoms. The molecule has 3 rings (SSSR count). The fourth-order valence-corrected chi connectivity index (χ4v) is 2.10. The molecule has 1 aromatic carbocycles. The number of halogens is 1. The summed E-state index contributed by atoms with van der Waals surface area (Å²) in [6, 6.07) is 7.11. The number of aromatic hydroxyl groups is 1. The zero-order valence-electron chi connectivity index (χ0n) is 11.9. The van der Waals surface area contributed by atoms with Gasteiger partial charge in [0.2, 0.25) is 11.6 Å². The molecule has 8 heteroatoms. The minimum Gasteiger partial charge on any atom is -0.480 e. The molecule has 0 radical (unpaired) electrons. The van der Waals surface area contributed by atoms with E-state index in [2.05, 4.69) is 14.7 Å². The number of nitrogens with zero attached hydrogens (tertiary/aromatic N) is 3. The highest BCUT2D eigenvalue weighted by atomic mass is 19.1. The number of esters is 1. The van der Waals surface area contributed by atoms with Crippen molar-refractivity contribution < 1.29 is 23.8 Å². The van der Waals surface area contributed by atoms with Crippen LogP contribution in [0.25, 0.3) is 5.65 Å². The van der Waals surface area contributed by atoms with Crippen molar-refractivity contribution >= 4 is 17.4 Å². The number of ether oxygens (including phenoxy) is 1. The van der Waals surface area contributed by atoms with Gasteiger partial charge in [0.05, 0.1) is 7.11 Å². The first-order chi connectivity index (χ1) is 11.0. The van der Waals surface area contributed by atoms with Crippen LogP contribution in [0.5, 0.6) is 6.01 Å². The summed E-state index contributed by atoms with van der Waals surface area (Å²) in [5.74, 6) is -2.00. The summed E-state index contributed by atoms with van der Waals surface area (Å²) < 4.78 is 18.6. The average Bonchev–Trinajstić information content (AvgIpc) is 2.98. The third-order valence-electron chi connectivity index (χ3n) is 3.19. The van der Waals surface area contributed by atoms with Crippen molar-refractivity contribution in [2.24, 2.45) is 0 Å². The topological polar surface area (TPSA) is 93.8 Å². The van der Waals surface area contributed by atoms with Gasteiger partial charge in [-0.3, -0.25) is 4.79 Å². The van der Waals surface area contributed by atoms with Gasteiger partial charge in [0.25, 0.3) is 0 Å². The van der Waals surface area contributed by atoms with Gasteiger partial charge >= 0.3 is 12.0 Å². The first-order valence-electron chi connectivity index (χ1n) is 6.48. The Morgan fingerprint density at radius 2 is 1.83 bits per heavy atom. The Morgan fingerprint density at radius 3 is 2.48 bits per heavy atom. The number of carbonyl (C=O) groups is 2. The third kappa shape index (κ3) is 2.50. The maximum atomic E-state index is 12.9. The van der Waals surface area contributed by atoms with Crippen LogP contribution in [0.1, 0.15) is 26.7 Å². The van der Waals surface area contributed by atoms with Crippen molar-refractivity contribution in [2.45, 2.75) is 0 Å². The molecule has 116 valence electrons. The smallest absolute Gasteiger partial charge is 0.355 e. The largest absolute Gasteiger partial charge is 0.480 e. The molecule has 0 spiro atoms.